The third-order valence-corrected chi connectivity index (χ3v) is 3.19. The summed E-state index contributed by atoms with van der Waals surface area (Å²) in [4.78, 5) is 13.0. The highest BCUT2D eigenvalue weighted by Crippen LogP contribution is 2.15. The van der Waals surface area contributed by atoms with Gasteiger partial charge in [-0.15, -0.1) is 0 Å². The smallest absolute Gasteiger partial charge is 0.371 e. The zero-order chi connectivity index (χ0) is 12.3. The number of aromatic carboxylic acids is 1. The van der Waals surface area contributed by atoms with Crippen LogP contribution in [0.15, 0.2) is 16.5 Å². The van der Waals surface area contributed by atoms with Crippen LogP contribution in [0.1, 0.15) is 29.7 Å². The highest BCUT2D eigenvalue weighted by Gasteiger charge is 2.22. The van der Waals surface area contributed by atoms with E-state index < -0.39 is 5.97 Å². The van der Waals surface area contributed by atoms with Crippen LogP contribution in [-0.4, -0.2) is 41.7 Å². The summed E-state index contributed by atoms with van der Waals surface area (Å²) in [6, 6.07) is 3.78. The van der Waals surface area contributed by atoms with E-state index in [0.717, 1.165) is 31.8 Å². The second-order valence-electron chi connectivity index (χ2n) is 4.28. The lowest BCUT2D eigenvalue weighted by Crippen LogP contribution is -2.36. The Bertz CT molecular complexity index is 383. The molecule has 1 aromatic heterocycles. The van der Waals surface area contributed by atoms with Crippen molar-refractivity contribution in [2.45, 2.75) is 25.9 Å². The van der Waals surface area contributed by atoms with Gasteiger partial charge in [-0.1, -0.05) is 6.92 Å². The number of furan rings is 1. The van der Waals surface area contributed by atoms with Crippen molar-refractivity contribution in [1.29, 1.82) is 0 Å². The number of carboxylic acids is 1. The molecule has 1 unspecified atom stereocenters. The van der Waals surface area contributed by atoms with Gasteiger partial charge in [0, 0.05) is 12.6 Å². The lowest BCUT2D eigenvalue weighted by atomic mass is 10.2. The lowest BCUT2D eigenvalue weighted by Gasteiger charge is -2.25. The van der Waals surface area contributed by atoms with Crippen LogP contribution in [0.3, 0.4) is 0 Å². The van der Waals surface area contributed by atoms with E-state index in [9.17, 15) is 4.79 Å². The van der Waals surface area contributed by atoms with Gasteiger partial charge in [0.1, 0.15) is 5.76 Å². The van der Waals surface area contributed by atoms with Crippen LogP contribution < -0.4 is 5.32 Å². The number of carboxylic acid groups (broad SMARTS) is 1. The summed E-state index contributed by atoms with van der Waals surface area (Å²) in [5.41, 5.74) is 0. The normalized spacial score (nSPS) is 20.0. The Morgan fingerprint density at radius 2 is 2.47 bits per heavy atom. The average molecular weight is 238 g/mol. The van der Waals surface area contributed by atoms with E-state index in [1.165, 1.54) is 6.07 Å². The van der Waals surface area contributed by atoms with Crippen molar-refractivity contribution >= 4 is 5.97 Å². The van der Waals surface area contributed by atoms with Gasteiger partial charge in [0.2, 0.25) is 5.76 Å². The topological polar surface area (TPSA) is 65.7 Å². The predicted octanol–water partition coefficient (Wildman–Crippen LogP) is 1.16. The fourth-order valence-corrected chi connectivity index (χ4v) is 2.23. The van der Waals surface area contributed by atoms with Crippen LogP contribution in [0, 0.1) is 0 Å². The van der Waals surface area contributed by atoms with E-state index in [2.05, 4.69) is 17.1 Å². The van der Waals surface area contributed by atoms with E-state index in [1.807, 2.05) is 0 Å². The first kappa shape index (κ1) is 12.1. The van der Waals surface area contributed by atoms with E-state index >= 15 is 0 Å². The molecule has 5 heteroatoms. The summed E-state index contributed by atoms with van der Waals surface area (Å²) in [5, 5.41) is 12.1. The molecule has 1 fully saturated rings. The van der Waals surface area contributed by atoms with Gasteiger partial charge in [-0.3, -0.25) is 4.90 Å². The number of nitrogens with zero attached hydrogens (tertiary/aromatic N) is 1. The van der Waals surface area contributed by atoms with Gasteiger partial charge >= 0.3 is 5.97 Å². The molecule has 2 heterocycles. The molecule has 1 aromatic rings. The molecule has 2 rings (SSSR count). The molecule has 1 atom stereocenters. The lowest BCUT2D eigenvalue weighted by molar-refractivity contribution is 0.0657. The highest BCUT2D eigenvalue weighted by molar-refractivity contribution is 5.84. The summed E-state index contributed by atoms with van der Waals surface area (Å²) in [6.45, 7) is 5.78. The molecule has 0 spiro atoms. The minimum atomic E-state index is -1.01. The van der Waals surface area contributed by atoms with Crippen molar-refractivity contribution < 1.29 is 14.3 Å². The van der Waals surface area contributed by atoms with Gasteiger partial charge in [0.15, 0.2) is 0 Å². The highest BCUT2D eigenvalue weighted by atomic mass is 16.4. The number of hydrogen-bond donors (Lipinski definition) is 2. The maximum atomic E-state index is 10.7. The molecule has 0 aromatic carbocycles. The van der Waals surface area contributed by atoms with Crippen LogP contribution >= 0.6 is 0 Å². The summed E-state index contributed by atoms with van der Waals surface area (Å²) in [6.07, 6.45) is 1.14. The minimum absolute atomic E-state index is 0.0144. The quantitative estimate of drug-likeness (QED) is 0.806. The van der Waals surface area contributed by atoms with Gasteiger partial charge in [-0.25, -0.2) is 4.79 Å². The van der Waals surface area contributed by atoms with Crippen molar-refractivity contribution in [1.82, 2.24) is 10.2 Å². The second kappa shape index (κ2) is 5.33. The SMILES string of the molecule is CCN(Cc1ccc(C(=O)O)o1)C1CCNC1. The van der Waals surface area contributed by atoms with Gasteiger partial charge in [0.05, 0.1) is 6.54 Å². The fourth-order valence-electron chi connectivity index (χ4n) is 2.23. The standard InChI is InChI=1S/C12H18N2O3/c1-2-14(9-5-6-13-7-9)8-10-3-4-11(17-10)12(15)16/h3-4,9,13H,2,5-8H2,1H3,(H,15,16). The molecule has 0 amide bonds. The van der Waals surface area contributed by atoms with Crippen molar-refractivity contribution in [2.24, 2.45) is 0 Å². The third kappa shape index (κ3) is 2.87. The summed E-state index contributed by atoms with van der Waals surface area (Å²) < 4.78 is 5.28. The molecule has 0 saturated carbocycles. The van der Waals surface area contributed by atoms with Crippen LogP contribution in [0.5, 0.6) is 0 Å². The van der Waals surface area contributed by atoms with Gasteiger partial charge < -0.3 is 14.8 Å². The average Bonchev–Trinajstić information content (AvgIpc) is 2.96. The molecule has 0 aliphatic carbocycles. The number of nitrogens with one attached hydrogen (secondary N) is 1. The van der Waals surface area contributed by atoms with Crippen LogP contribution in [0.4, 0.5) is 0 Å². The zero-order valence-corrected chi connectivity index (χ0v) is 9.98. The van der Waals surface area contributed by atoms with E-state index in [1.54, 1.807) is 6.07 Å². The fraction of sp³-hybridized carbons (Fsp3) is 0.583. The van der Waals surface area contributed by atoms with Gasteiger partial charge in [-0.2, -0.15) is 0 Å². The summed E-state index contributed by atoms with van der Waals surface area (Å²) in [5.74, 6) is -0.279. The molecule has 1 aliphatic heterocycles. The summed E-state index contributed by atoms with van der Waals surface area (Å²) >= 11 is 0. The zero-order valence-electron chi connectivity index (χ0n) is 9.98. The molecular weight excluding hydrogens is 220 g/mol. The van der Waals surface area contributed by atoms with E-state index in [-0.39, 0.29) is 5.76 Å². The number of rotatable bonds is 5. The number of hydrogen-bond acceptors (Lipinski definition) is 4. The molecule has 5 nitrogen and oxygen atoms in total. The van der Waals surface area contributed by atoms with Crippen molar-refractivity contribution in [3.8, 4) is 0 Å². The molecular formula is C12H18N2O3. The molecule has 0 bridgehead atoms. The Morgan fingerprint density at radius 1 is 1.65 bits per heavy atom. The molecule has 17 heavy (non-hydrogen) atoms. The first-order valence-electron chi connectivity index (χ1n) is 5.97. The van der Waals surface area contributed by atoms with Gasteiger partial charge in [-0.05, 0) is 31.6 Å². The summed E-state index contributed by atoms with van der Waals surface area (Å²) in [7, 11) is 0. The minimum Gasteiger partial charge on any atom is -0.475 e. The Kier molecular flexibility index (Phi) is 3.81. The monoisotopic (exact) mass is 238 g/mol. The third-order valence-electron chi connectivity index (χ3n) is 3.19. The Hall–Kier alpha value is -1.33. The predicted molar refractivity (Wildman–Crippen MR) is 63.0 cm³/mol. The van der Waals surface area contributed by atoms with Crippen molar-refractivity contribution in [2.75, 3.05) is 19.6 Å². The molecule has 94 valence electrons. The Morgan fingerprint density at radius 3 is 3.00 bits per heavy atom. The second-order valence-corrected chi connectivity index (χ2v) is 4.28. The molecule has 1 saturated heterocycles. The number of carbonyl (C=O) groups is 1. The maximum absolute atomic E-state index is 10.7. The molecule has 2 N–H and O–H groups in total. The van der Waals surface area contributed by atoms with Crippen LogP contribution in [0.2, 0.25) is 0 Å². The van der Waals surface area contributed by atoms with Gasteiger partial charge in [0.25, 0.3) is 0 Å². The maximum Gasteiger partial charge on any atom is 0.371 e. The van der Waals surface area contributed by atoms with Crippen LogP contribution in [-0.2, 0) is 6.54 Å². The number of likely N-dealkylation sites (N-methyl/N-ethyl adjacent to an activating group) is 1. The first-order chi connectivity index (χ1) is 8.20. The molecule has 0 radical (unpaired) electrons. The van der Waals surface area contributed by atoms with Crippen molar-refractivity contribution in [3.63, 3.8) is 0 Å². The Balaban J connectivity index is 1.99. The van der Waals surface area contributed by atoms with E-state index in [0.29, 0.717) is 12.6 Å². The van der Waals surface area contributed by atoms with Crippen molar-refractivity contribution in [3.05, 3.63) is 23.7 Å². The molecule has 1 aliphatic rings. The van der Waals surface area contributed by atoms with Crippen LogP contribution in [0.25, 0.3) is 0 Å². The Labute approximate surface area is 100 Å². The first-order valence-corrected chi connectivity index (χ1v) is 5.97. The van der Waals surface area contributed by atoms with E-state index in [4.69, 9.17) is 9.52 Å². The largest absolute Gasteiger partial charge is 0.475 e.